The standard InChI is InChI=1S/C16H22BNO3/c1-15(2)16(3,4)21-17(20-15)12-8-6-7-11-9-10-13(19)18(5)14(11)12/h6-8H,9-10H2,1-5H3. The van der Waals surface area contributed by atoms with E-state index in [1.54, 1.807) is 4.90 Å². The van der Waals surface area contributed by atoms with Crippen LogP contribution in [-0.2, 0) is 20.5 Å². The first-order chi connectivity index (χ1) is 9.73. The van der Waals surface area contributed by atoms with Crippen molar-refractivity contribution in [3.63, 3.8) is 0 Å². The van der Waals surface area contributed by atoms with E-state index in [-0.39, 0.29) is 17.1 Å². The first-order valence-electron chi connectivity index (χ1n) is 7.47. The SMILES string of the molecule is CN1C(=O)CCc2cccc(B3OC(C)(C)C(C)(C)O3)c21. The number of benzene rings is 1. The van der Waals surface area contributed by atoms with E-state index in [1.807, 2.05) is 46.9 Å². The van der Waals surface area contributed by atoms with Gasteiger partial charge in [-0.15, -0.1) is 0 Å². The van der Waals surface area contributed by atoms with Crippen molar-refractivity contribution in [1.82, 2.24) is 0 Å². The minimum Gasteiger partial charge on any atom is -0.399 e. The van der Waals surface area contributed by atoms with Crippen molar-refractivity contribution in [2.75, 3.05) is 11.9 Å². The van der Waals surface area contributed by atoms with Gasteiger partial charge in [0.2, 0.25) is 5.91 Å². The van der Waals surface area contributed by atoms with E-state index in [0.29, 0.717) is 6.42 Å². The molecule has 5 heteroatoms. The number of carbonyl (C=O) groups is 1. The number of aryl methyl sites for hydroxylation is 1. The Bertz CT molecular complexity index is 581. The van der Waals surface area contributed by atoms with Crippen molar-refractivity contribution in [2.24, 2.45) is 0 Å². The molecule has 0 aromatic heterocycles. The maximum atomic E-state index is 12.0. The summed E-state index contributed by atoms with van der Waals surface area (Å²) in [6.45, 7) is 8.16. The number of fused-ring (bicyclic) bond motifs is 1. The van der Waals surface area contributed by atoms with Gasteiger partial charge in [-0.2, -0.15) is 0 Å². The average Bonchev–Trinajstić information content (AvgIpc) is 2.62. The normalized spacial score (nSPS) is 23.4. The average molecular weight is 287 g/mol. The fraction of sp³-hybridized carbons (Fsp3) is 0.562. The topological polar surface area (TPSA) is 38.8 Å². The molecule has 2 heterocycles. The lowest BCUT2D eigenvalue weighted by molar-refractivity contribution is -0.118. The van der Waals surface area contributed by atoms with Crippen LogP contribution < -0.4 is 10.4 Å². The van der Waals surface area contributed by atoms with Crippen LogP contribution in [0, 0.1) is 0 Å². The largest absolute Gasteiger partial charge is 0.496 e. The molecule has 0 atom stereocenters. The zero-order chi connectivity index (χ0) is 15.4. The third-order valence-electron chi connectivity index (χ3n) is 4.98. The van der Waals surface area contributed by atoms with Crippen LogP contribution in [0.4, 0.5) is 5.69 Å². The maximum Gasteiger partial charge on any atom is 0.496 e. The third-order valence-corrected chi connectivity index (χ3v) is 4.98. The van der Waals surface area contributed by atoms with Crippen molar-refractivity contribution in [3.8, 4) is 0 Å². The van der Waals surface area contributed by atoms with Crippen molar-refractivity contribution in [2.45, 2.75) is 51.7 Å². The molecule has 2 aliphatic heterocycles. The number of carbonyl (C=O) groups excluding carboxylic acids is 1. The number of para-hydroxylation sites is 1. The van der Waals surface area contributed by atoms with Crippen LogP contribution in [0.25, 0.3) is 0 Å². The molecule has 1 aromatic rings. The van der Waals surface area contributed by atoms with Crippen LogP contribution in [0.5, 0.6) is 0 Å². The molecule has 1 saturated heterocycles. The highest BCUT2D eigenvalue weighted by atomic mass is 16.7. The molecule has 0 unspecified atom stereocenters. The van der Waals surface area contributed by atoms with Crippen LogP contribution in [0.15, 0.2) is 18.2 Å². The van der Waals surface area contributed by atoms with E-state index in [0.717, 1.165) is 17.6 Å². The summed E-state index contributed by atoms with van der Waals surface area (Å²) in [5.41, 5.74) is 2.33. The number of amides is 1. The van der Waals surface area contributed by atoms with Gasteiger partial charge in [0.05, 0.1) is 11.2 Å². The number of anilines is 1. The third kappa shape index (κ3) is 2.19. The molecule has 0 saturated carbocycles. The molecule has 0 radical (unpaired) electrons. The van der Waals surface area contributed by atoms with E-state index in [4.69, 9.17) is 9.31 Å². The summed E-state index contributed by atoms with van der Waals surface area (Å²) in [6.07, 6.45) is 1.35. The van der Waals surface area contributed by atoms with Gasteiger partial charge in [-0.3, -0.25) is 4.79 Å². The zero-order valence-corrected chi connectivity index (χ0v) is 13.4. The van der Waals surface area contributed by atoms with Crippen LogP contribution in [0.1, 0.15) is 39.7 Å². The molecule has 1 aromatic carbocycles. The summed E-state index contributed by atoms with van der Waals surface area (Å²) in [6, 6.07) is 6.09. The number of rotatable bonds is 1. The van der Waals surface area contributed by atoms with Crippen molar-refractivity contribution in [1.29, 1.82) is 0 Å². The molecule has 2 aliphatic rings. The van der Waals surface area contributed by atoms with E-state index < -0.39 is 7.12 Å². The van der Waals surface area contributed by atoms with E-state index in [2.05, 4.69) is 6.07 Å². The fourth-order valence-corrected chi connectivity index (χ4v) is 2.92. The molecule has 0 spiro atoms. The fourth-order valence-electron chi connectivity index (χ4n) is 2.92. The number of hydrogen-bond acceptors (Lipinski definition) is 3. The minimum absolute atomic E-state index is 0.145. The van der Waals surface area contributed by atoms with Gasteiger partial charge in [-0.1, -0.05) is 18.2 Å². The first-order valence-corrected chi connectivity index (χ1v) is 7.47. The Morgan fingerprint density at radius 1 is 1.10 bits per heavy atom. The van der Waals surface area contributed by atoms with E-state index in [9.17, 15) is 4.79 Å². The Morgan fingerprint density at radius 3 is 2.33 bits per heavy atom. The molecule has 0 bridgehead atoms. The molecular formula is C16H22BNO3. The van der Waals surface area contributed by atoms with Crippen molar-refractivity contribution in [3.05, 3.63) is 23.8 Å². The van der Waals surface area contributed by atoms with E-state index in [1.165, 1.54) is 5.56 Å². The van der Waals surface area contributed by atoms with Gasteiger partial charge in [0.15, 0.2) is 0 Å². The molecule has 3 rings (SSSR count). The van der Waals surface area contributed by atoms with Gasteiger partial charge in [0.25, 0.3) is 0 Å². The van der Waals surface area contributed by atoms with Gasteiger partial charge < -0.3 is 14.2 Å². The monoisotopic (exact) mass is 287 g/mol. The van der Waals surface area contributed by atoms with Gasteiger partial charge >= 0.3 is 7.12 Å². The van der Waals surface area contributed by atoms with Crippen molar-refractivity contribution >= 4 is 24.2 Å². The van der Waals surface area contributed by atoms with Crippen LogP contribution in [0.2, 0.25) is 0 Å². The maximum absolute atomic E-state index is 12.0. The van der Waals surface area contributed by atoms with Crippen LogP contribution >= 0.6 is 0 Å². The highest BCUT2D eigenvalue weighted by molar-refractivity contribution is 6.64. The second kappa shape index (κ2) is 4.58. The zero-order valence-electron chi connectivity index (χ0n) is 13.4. The molecule has 1 fully saturated rings. The smallest absolute Gasteiger partial charge is 0.399 e. The summed E-state index contributed by atoms with van der Waals surface area (Å²) >= 11 is 0. The second-order valence-corrected chi connectivity index (χ2v) is 6.90. The minimum atomic E-state index is -0.432. The predicted octanol–water partition coefficient (Wildman–Crippen LogP) is 1.89. The second-order valence-electron chi connectivity index (χ2n) is 6.90. The summed E-state index contributed by atoms with van der Waals surface area (Å²) < 4.78 is 12.3. The number of hydrogen-bond donors (Lipinski definition) is 0. The van der Waals surface area contributed by atoms with Crippen LogP contribution in [-0.4, -0.2) is 31.3 Å². The molecular weight excluding hydrogens is 265 g/mol. The van der Waals surface area contributed by atoms with E-state index >= 15 is 0 Å². The lowest BCUT2D eigenvalue weighted by atomic mass is 9.75. The molecule has 1 amide bonds. The van der Waals surface area contributed by atoms with Gasteiger partial charge in [-0.05, 0) is 39.7 Å². The Hall–Kier alpha value is -1.33. The summed E-state index contributed by atoms with van der Waals surface area (Å²) in [4.78, 5) is 13.8. The highest BCUT2D eigenvalue weighted by Crippen LogP contribution is 2.38. The van der Waals surface area contributed by atoms with Crippen LogP contribution in [0.3, 0.4) is 0 Å². The molecule has 0 aliphatic carbocycles. The predicted molar refractivity (Wildman–Crippen MR) is 83.9 cm³/mol. The lowest BCUT2D eigenvalue weighted by Gasteiger charge is -2.32. The Balaban J connectivity index is 2.04. The molecule has 4 nitrogen and oxygen atoms in total. The molecule has 21 heavy (non-hydrogen) atoms. The van der Waals surface area contributed by atoms with Crippen molar-refractivity contribution < 1.29 is 14.1 Å². The Labute approximate surface area is 126 Å². The number of nitrogens with zero attached hydrogens (tertiary/aromatic N) is 1. The lowest BCUT2D eigenvalue weighted by Crippen LogP contribution is -2.42. The molecule has 0 N–H and O–H groups in total. The highest BCUT2D eigenvalue weighted by Gasteiger charge is 2.52. The summed E-state index contributed by atoms with van der Waals surface area (Å²) in [5, 5.41) is 0. The first kappa shape index (κ1) is 14.6. The summed E-state index contributed by atoms with van der Waals surface area (Å²) in [7, 11) is 1.40. The molecule has 112 valence electrons. The Morgan fingerprint density at radius 2 is 1.71 bits per heavy atom. The van der Waals surface area contributed by atoms with Gasteiger partial charge in [0.1, 0.15) is 0 Å². The quantitative estimate of drug-likeness (QED) is 0.740. The summed E-state index contributed by atoms with van der Waals surface area (Å²) in [5.74, 6) is 0.145. The van der Waals surface area contributed by atoms with Gasteiger partial charge in [0, 0.05) is 24.6 Å². The van der Waals surface area contributed by atoms with Gasteiger partial charge in [-0.25, -0.2) is 0 Å². The Kier molecular flexibility index (Phi) is 3.19.